The lowest BCUT2D eigenvalue weighted by atomic mass is 9.95. The Kier molecular flexibility index (Phi) is 8.79. The quantitative estimate of drug-likeness (QED) is 0.134. The molecule has 0 fully saturated rings. The number of methoxy groups -OCH3 is 1. The molecular formula is C31H33N3O6S2. The summed E-state index contributed by atoms with van der Waals surface area (Å²) in [5.74, 6) is -0.0234. The summed E-state index contributed by atoms with van der Waals surface area (Å²) in [6, 6.07) is 9.85. The number of hydrogen-bond donors (Lipinski definition) is 1. The smallest absolute Gasteiger partial charge is 0.296 e. The van der Waals surface area contributed by atoms with E-state index >= 15 is 0 Å². The van der Waals surface area contributed by atoms with Crippen LogP contribution in [0.5, 0.6) is 17.2 Å². The minimum Gasteiger partial charge on any atom is -0.503 e. The third kappa shape index (κ3) is 5.58. The van der Waals surface area contributed by atoms with E-state index < -0.39 is 23.5 Å². The molecule has 1 atom stereocenters. The summed E-state index contributed by atoms with van der Waals surface area (Å²) in [4.78, 5) is 38.6. The lowest BCUT2D eigenvalue weighted by molar-refractivity contribution is -0.117. The van der Waals surface area contributed by atoms with Crippen molar-refractivity contribution in [3.63, 3.8) is 0 Å². The van der Waals surface area contributed by atoms with Gasteiger partial charge in [-0.2, -0.15) is 0 Å². The highest BCUT2D eigenvalue weighted by Gasteiger charge is 2.46. The number of thiazole rings is 2. The summed E-state index contributed by atoms with van der Waals surface area (Å²) >= 11 is 2.51. The van der Waals surface area contributed by atoms with E-state index in [2.05, 4.69) is 11.9 Å². The molecule has 1 unspecified atom stereocenters. The summed E-state index contributed by atoms with van der Waals surface area (Å²) in [6.45, 7) is 8.52. The number of carbonyl (C=O) groups is 2. The molecule has 2 aromatic carbocycles. The van der Waals surface area contributed by atoms with Crippen molar-refractivity contribution in [2.45, 2.75) is 53.0 Å². The van der Waals surface area contributed by atoms with E-state index in [-0.39, 0.29) is 5.57 Å². The van der Waals surface area contributed by atoms with Gasteiger partial charge in [0.05, 0.1) is 57.7 Å². The summed E-state index contributed by atoms with van der Waals surface area (Å²) in [6.07, 6.45) is 3.05. The second-order valence-corrected chi connectivity index (χ2v) is 12.1. The predicted molar refractivity (Wildman–Crippen MR) is 165 cm³/mol. The second kappa shape index (κ2) is 12.5. The third-order valence-corrected chi connectivity index (χ3v) is 9.03. The zero-order chi connectivity index (χ0) is 30.0. The van der Waals surface area contributed by atoms with Gasteiger partial charge >= 0.3 is 0 Å². The third-order valence-electron chi connectivity index (χ3n) is 6.94. The molecular weight excluding hydrogens is 574 g/mol. The first-order chi connectivity index (χ1) is 20.3. The van der Waals surface area contributed by atoms with Crippen molar-refractivity contribution in [3.05, 3.63) is 68.9 Å². The fraction of sp³-hybridized carbons (Fsp3) is 0.355. The molecule has 0 saturated heterocycles. The highest BCUT2D eigenvalue weighted by atomic mass is 32.1. The largest absolute Gasteiger partial charge is 0.503 e. The van der Waals surface area contributed by atoms with Crippen molar-refractivity contribution in [2.75, 3.05) is 25.2 Å². The highest BCUT2D eigenvalue weighted by molar-refractivity contribution is 7.22. The van der Waals surface area contributed by atoms with Crippen LogP contribution in [0.2, 0.25) is 0 Å². The van der Waals surface area contributed by atoms with Crippen LogP contribution in [0, 0.1) is 13.8 Å². The minimum atomic E-state index is -0.956. The Bertz CT molecular complexity index is 1670. The number of aliphatic hydroxyl groups is 1. The topological polar surface area (TPSA) is 111 Å². The number of benzene rings is 2. The van der Waals surface area contributed by atoms with Gasteiger partial charge in [0.25, 0.3) is 5.91 Å². The number of nitrogens with zero attached hydrogens (tertiary/aromatic N) is 3. The molecule has 2 aromatic heterocycles. The maximum Gasteiger partial charge on any atom is 0.296 e. The van der Waals surface area contributed by atoms with Crippen LogP contribution >= 0.6 is 22.7 Å². The molecule has 0 radical (unpaired) electrons. The standard InChI is InChI=1S/C31H33N3O6S2/c1-6-8-9-14-40-22-13-10-19(15-23(22)39-7-2)26-25(27(35)29-17(3)32-18(4)41-29)28(36)30(37)34(26)31-33-21-12-11-20(38-5)16-24(21)42-31/h10-13,15-16,26,36H,6-9,14H2,1-5H3. The first-order valence-electron chi connectivity index (χ1n) is 13.9. The predicted octanol–water partition coefficient (Wildman–Crippen LogP) is 7.13. The van der Waals surface area contributed by atoms with Gasteiger partial charge in [-0.15, -0.1) is 11.3 Å². The van der Waals surface area contributed by atoms with Gasteiger partial charge in [-0.1, -0.05) is 37.2 Å². The lowest BCUT2D eigenvalue weighted by Gasteiger charge is -2.25. The van der Waals surface area contributed by atoms with E-state index in [0.717, 1.165) is 29.0 Å². The molecule has 0 spiro atoms. The molecule has 1 aliphatic heterocycles. The number of aliphatic hydroxyl groups excluding tert-OH is 1. The lowest BCUT2D eigenvalue weighted by Crippen LogP contribution is -2.31. The first-order valence-corrected chi connectivity index (χ1v) is 15.5. The second-order valence-electron chi connectivity index (χ2n) is 9.84. The van der Waals surface area contributed by atoms with Crippen LogP contribution in [-0.2, 0) is 4.79 Å². The Labute approximate surface area is 252 Å². The van der Waals surface area contributed by atoms with E-state index in [4.69, 9.17) is 19.2 Å². The molecule has 1 aliphatic rings. The van der Waals surface area contributed by atoms with Gasteiger partial charge in [-0.05, 0) is 63.1 Å². The molecule has 1 N–H and O–H groups in total. The van der Waals surface area contributed by atoms with Crippen LogP contribution in [0.4, 0.5) is 5.13 Å². The molecule has 9 nitrogen and oxygen atoms in total. The Morgan fingerprint density at radius 2 is 1.83 bits per heavy atom. The number of ketones is 1. The number of rotatable bonds is 12. The number of anilines is 1. The maximum absolute atomic E-state index is 14.0. The Hall–Kier alpha value is -3.96. The van der Waals surface area contributed by atoms with Crippen LogP contribution in [-0.4, -0.2) is 47.1 Å². The molecule has 0 saturated carbocycles. The van der Waals surface area contributed by atoms with E-state index in [1.165, 1.54) is 27.6 Å². The van der Waals surface area contributed by atoms with Crippen LogP contribution < -0.4 is 19.1 Å². The Balaban J connectivity index is 1.63. The maximum atomic E-state index is 14.0. The summed E-state index contributed by atoms with van der Waals surface area (Å²) in [5.41, 5.74) is 1.77. The van der Waals surface area contributed by atoms with Crippen LogP contribution in [0.15, 0.2) is 47.7 Å². The average molecular weight is 608 g/mol. The molecule has 0 aliphatic carbocycles. The van der Waals surface area contributed by atoms with Gasteiger partial charge in [-0.3, -0.25) is 14.5 Å². The monoisotopic (exact) mass is 607 g/mol. The average Bonchev–Trinajstić information content (AvgIpc) is 3.63. The van der Waals surface area contributed by atoms with Crippen molar-refractivity contribution in [3.8, 4) is 17.2 Å². The normalized spacial score (nSPS) is 15.1. The number of ether oxygens (including phenoxy) is 3. The fourth-order valence-corrected chi connectivity index (χ4v) is 6.85. The number of fused-ring (bicyclic) bond motifs is 1. The van der Waals surface area contributed by atoms with Gasteiger partial charge in [-0.25, -0.2) is 9.97 Å². The summed E-state index contributed by atoms with van der Waals surface area (Å²) in [7, 11) is 1.58. The number of Topliss-reactive ketones (excluding diaryl/α,β-unsaturated/α-hetero) is 1. The van der Waals surface area contributed by atoms with Crippen LogP contribution in [0.25, 0.3) is 10.2 Å². The van der Waals surface area contributed by atoms with E-state index in [0.29, 0.717) is 57.2 Å². The zero-order valence-corrected chi connectivity index (χ0v) is 25.9. The number of hydrogen-bond acceptors (Lipinski definition) is 10. The van der Waals surface area contributed by atoms with Crippen molar-refractivity contribution in [2.24, 2.45) is 0 Å². The summed E-state index contributed by atoms with van der Waals surface area (Å²) < 4.78 is 18.1. The van der Waals surface area contributed by atoms with Gasteiger partial charge < -0.3 is 19.3 Å². The molecule has 1 amide bonds. The zero-order valence-electron chi connectivity index (χ0n) is 24.2. The van der Waals surface area contributed by atoms with Crippen LogP contribution in [0.3, 0.4) is 0 Å². The number of unbranched alkanes of at least 4 members (excludes halogenated alkanes) is 2. The van der Waals surface area contributed by atoms with Crippen LogP contribution in [0.1, 0.15) is 65.1 Å². The number of aryl methyl sites for hydroxylation is 2. The Morgan fingerprint density at radius 1 is 1.02 bits per heavy atom. The molecule has 0 bridgehead atoms. The van der Waals surface area contributed by atoms with Crippen molar-refractivity contribution < 1.29 is 28.9 Å². The molecule has 3 heterocycles. The molecule has 42 heavy (non-hydrogen) atoms. The number of aromatic nitrogens is 2. The fourth-order valence-electron chi connectivity index (χ4n) is 4.95. The molecule has 220 valence electrons. The summed E-state index contributed by atoms with van der Waals surface area (Å²) in [5, 5.41) is 12.3. The van der Waals surface area contributed by atoms with Crippen molar-refractivity contribution >= 4 is 49.7 Å². The SMILES string of the molecule is CCCCCOc1ccc(C2C(C(=O)c3sc(C)nc3C)=C(O)C(=O)N2c2nc3ccc(OC)cc3s2)cc1OCC. The van der Waals surface area contributed by atoms with Gasteiger partial charge in [0.1, 0.15) is 5.75 Å². The van der Waals surface area contributed by atoms with Gasteiger partial charge in [0.2, 0.25) is 5.78 Å². The minimum absolute atomic E-state index is 0.0253. The number of amides is 1. The van der Waals surface area contributed by atoms with E-state index in [1.807, 2.05) is 26.0 Å². The molecule has 4 aromatic rings. The molecule has 5 rings (SSSR count). The number of carbonyl (C=O) groups excluding carboxylic acids is 2. The highest BCUT2D eigenvalue weighted by Crippen LogP contribution is 2.46. The van der Waals surface area contributed by atoms with E-state index in [9.17, 15) is 14.7 Å². The van der Waals surface area contributed by atoms with Crippen molar-refractivity contribution in [1.29, 1.82) is 0 Å². The first kappa shape index (κ1) is 29.5. The van der Waals surface area contributed by atoms with Gasteiger partial charge in [0.15, 0.2) is 22.4 Å². The Morgan fingerprint density at radius 3 is 2.52 bits per heavy atom. The van der Waals surface area contributed by atoms with Gasteiger partial charge in [0, 0.05) is 0 Å². The van der Waals surface area contributed by atoms with Crippen molar-refractivity contribution in [1.82, 2.24) is 9.97 Å². The van der Waals surface area contributed by atoms with E-state index in [1.54, 1.807) is 38.3 Å². The molecule has 11 heteroatoms.